The minimum absolute atomic E-state index is 0.111. The fraction of sp³-hybridized carbons (Fsp3) is 0.0667. The summed E-state index contributed by atoms with van der Waals surface area (Å²) in [5.41, 5.74) is -3.45. The zero-order valence-corrected chi connectivity index (χ0v) is 12.7. The lowest BCUT2D eigenvalue weighted by Crippen LogP contribution is -2.16. The molecule has 2 aromatic carbocycles. The molecule has 0 heterocycles. The summed E-state index contributed by atoms with van der Waals surface area (Å²) in [4.78, 5) is 44.4. The van der Waals surface area contributed by atoms with E-state index in [4.69, 9.17) is 4.74 Å². The van der Waals surface area contributed by atoms with Crippen LogP contribution >= 0.6 is 0 Å². The summed E-state index contributed by atoms with van der Waals surface area (Å²) in [6.07, 6.45) is 0. The van der Waals surface area contributed by atoms with Gasteiger partial charge in [0.05, 0.1) is 17.0 Å². The Balaban J connectivity index is 2.62. The van der Waals surface area contributed by atoms with Gasteiger partial charge in [0.15, 0.2) is 0 Å². The summed E-state index contributed by atoms with van der Waals surface area (Å²) in [6, 6.07) is 9.36. The molecule has 10 nitrogen and oxygen atoms in total. The molecule has 0 spiro atoms. The molecule has 2 aromatic rings. The van der Waals surface area contributed by atoms with Gasteiger partial charge >= 0.3 is 17.6 Å². The molecule has 0 aliphatic carbocycles. The van der Waals surface area contributed by atoms with Gasteiger partial charge in [-0.25, -0.2) is 9.59 Å². The number of hydrogen-bond donors (Lipinski definition) is 0. The van der Waals surface area contributed by atoms with E-state index in [1.165, 1.54) is 12.1 Å². The Morgan fingerprint density at radius 2 is 1.56 bits per heavy atom. The summed E-state index contributed by atoms with van der Waals surface area (Å²) in [5.74, 6) is -2.34. The number of para-hydroxylation sites is 1. The molecule has 25 heavy (non-hydrogen) atoms. The van der Waals surface area contributed by atoms with Gasteiger partial charge in [0.25, 0.3) is 5.69 Å². The van der Waals surface area contributed by atoms with Crippen molar-refractivity contribution in [1.29, 1.82) is 0 Å². The monoisotopic (exact) mass is 346 g/mol. The van der Waals surface area contributed by atoms with E-state index in [1.54, 1.807) is 18.2 Å². The largest absolute Gasteiger partial charge is 0.465 e. The van der Waals surface area contributed by atoms with Crippen molar-refractivity contribution in [1.82, 2.24) is 0 Å². The average molecular weight is 346 g/mol. The van der Waals surface area contributed by atoms with E-state index in [1.807, 2.05) is 0 Å². The first-order chi connectivity index (χ1) is 11.9. The van der Waals surface area contributed by atoms with Crippen LogP contribution < -0.4 is 4.74 Å². The third-order valence-corrected chi connectivity index (χ3v) is 3.10. The standard InChI is InChI=1S/C15H10N2O8/c1-24-15(19)12-11(16(20)21)8-7-10(13(12)17(22)23)14(18)25-9-5-3-2-4-6-9/h2-8H,1H3. The lowest BCUT2D eigenvalue weighted by atomic mass is 10.0. The molecular formula is C15H10N2O8. The first-order valence-electron chi connectivity index (χ1n) is 6.68. The molecule has 0 saturated carbocycles. The van der Waals surface area contributed by atoms with Crippen LogP contribution in [0.3, 0.4) is 0 Å². The highest BCUT2D eigenvalue weighted by Gasteiger charge is 2.37. The van der Waals surface area contributed by atoms with Crippen LogP contribution in [0.25, 0.3) is 0 Å². The Labute approximate surface area is 139 Å². The molecule has 0 aromatic heterocycles. The van der Waals surface area contributed by atoms with Gasteiger partial charge in [-0.15, -0.1) is 0 Å². The van der Waals surface area contributed by atoms with Crippen LogP contribution in [0.5, 0.6) is 5.75 Å². The second kappa shape index (κ2) is 7.17. The van der Waals surface area contributed by atoms with E-state index in [-0.39, 0.29) is 5.75 Å². The molecule has 0 amide bonds. The second-order valence-electron chi connectivity index (χ2n) is 4.56. The molecule has 0 bridgehead atoms. The van der Waals surface area contributed by atoms with Gasteiger partial charge < -0.3 is 9.47 Å². The van der Waals surface area contributed by atoms with Crippen molar-refractivity contribution >= 4 is 23.3 Å². The topological polar surface area (TPSA) is 139 Å². The van der Waals surface area contributed by atoms with E-state index < -0.39 is 44.3 Å². The zero-order valence-electron chi connectivity index (χ0n) is 12.7. The summed E-state index contributed by atoms with van der Waals surface area (Å²) >= 11 is 0. The molecule has 10 heteroatoms. The number of methoxy groups -OCH3 is 1. The number of rotatable bonds is 5. The van der Waals surface area contributed by atoms with Crippen molar-refractivity contribution in [3.63, 3.8) is 0 Å². The van der Waals surface area contributed by atoms with Gasteiger partial charge in [-0.05, 0) is 18.2 Å². The molecule has 0 atom stereocenters. The van der Waals surface area contributed by atoms with Crippen molar-refractivity contribution in [2.45, 2.75) is 0 Å². The molecule has 0 aliphatic rings. The number of carbonyl (C=O) groups is 2. The number of esters is 2. The molecule has 128 valence electrons. The minimum Gasteiger partial charge on any atom is -0.465 e. The number of ether oxygens (including phenoxy) is 2. The summed E-state index contributed by atoms with van der Waals surface area (Å²) in [6.45, 7) is 0. The van der Waals surface area contributed by atoms with Crippen LogP contribution in [0.4, 0.5) is 11.4 Å². The first kappa shape index (κ1) is 17.5. The number of nitro groups is 2. The van der Waals surface area contributed by atoms with E-state index in [2.05, 4.69) is 4.74 Å². The Kier molecular flexibility index (Phi) is 5.03. The Hall–Kier alpha value is -3.82. The number of carbonyl (C=O) groups excluding carboxylic acids is 2. The maximum absolute atomic E-state index is 12.2. The SMILES string of the molecule is COC(=O)c1c([N+](=O)[O-])ccc(C(=O)Oc2ccccc2)c1[N+](=O)[O-]. The van der Waals surface area contributed by atoms with Crippen molar-refractivity contribution in [3.05, 3.63) is 73.8 Å². The van der Waals surface area contributed by atoms with E-state index in [0.717, 1.165) is 19.2 Å². The highest BCUT2D eigenvalue weighted by Crippen LogP contribution is 2.33. The molecule has 2 rings (SSSR count). The van der Waals surface area contributed by atoms with Crippen molar-refractivity contribution < 1.29 is 28.9 Å². The third-order valence-electron chi connectivity index (χ3n) is 3.10. The highest BCUT2D eigenvalue weighted by atomic mass is 16.6. The number of benzene rings is 2. The van der Waals surface area contributed by atoms with Gasteiger partial charge in [-0.1, -0.05) is 18.2 Å². The molecule has 0 radical (unpaired) electrons. The summed E-state index contributed by atoms with van der Waals surface area (Å²) < 4.78 is 9.37. The predicted molar refractivity (Wildman–Crippen MR) is 82.5 cm³/mol. The average Bonchev–Trinajstić information content (AvgIpc) is 2.60. The van der Waals surface area contributed by atoms with E-state index in [9.17, 15) is 29.8 Å². The van der Waals surface area contributed by atoms with Crippen molar-refractivity contribution in [2.75, 3.05) is 7.11 Å². The van der Waals surface area contributed by atoms with E-state index in [0.29, 0.717) is 0 Å². The lowest BCUT2D eigenvalue weighted by molar-refractivity contribution is -0.394. The Morgan fingerprint density at radius 1 is 0.920 bits per heavy atom. The van der Waals surface area contributed by atoms with Gasteiger partial charge in [-0.3, -0.25) is 20.2 Å². The maximum Gasteiger partial charge on any atom is 0.352 e. The Morgan fingerprint density at radius 3 is 2.08 bits per heavy atom. The molecule has 0 fully saturated rings. The second-order valence-corrected chi connectivity index (χ2v) is 4.56. The third kappa shape index (κ3) is 3.58. The normalized spacial score (nSPS) is 9.96. The van der Waals surface area contributed by atoms with Gasteiger partial charge in [0.2, 0.25) is 5.56 Å². The fourth-order valence-electron chi connectivity index (χ4n) is 2.04. The van der Waals surface area contributed by atoms with Crippen molar-refractivity contribution in [2.24, 2.45) is 0 Å². The van der Waals surface area contributed by atoms with Crippen LogP contribution in [0.2, 0.25) is 0 Å². The van der Waals surface area contributed by atoms with Crippen LogP contribution in [0, 0.1) is 20.2 Å². The zero-order chi connectivity index (χ0) is 18.6. The highest BCUT2D eigenvalue weighted by molar-refractivity contribution is 6.05. The molecule has 0 unspecified atom stereocenters. The van der Waals surface area contributed by atoms with Crippen molar-refractivity contribution in [3.8, 4) is 5.75 Å². The smallest absolute Gasteiger partial charge is 0.352 e. The number of nitrogens with zero attached hydrogens (tertiary/aromatic N) is 2. The number of hydrogen-bond acceptors (Lipinski definition) is 8. The summed E-state index contributed by atoms with van der Waals surface area (Å²) in [5, 5.41) is 22.4. The minimum atomic E-state index is -1.31. The molecule has 0 saturated heterocycles. The van der Waals surface area contributed by atoms with Crippen LogP contribution in [-0.4, -0.2) is 28.9 Å². The molecular weight excluding hydrogens is 336 g/mol. The Bertz CT molecular complexity index is 863. The first-order valence-corrected chi connectivity index (χ1v) is 6.68. The van der Waals surface area contributed by atoms with Gasteiger partial charge in [0.1, 0.15) is 11.3 Å². The predicted octanol–water partition coefficient (Wildman–Crippen LogP) is 2.51. The number of nitro benzene ring substituents is 2. The molecule has 0 aliphatic heterocycles. The van der Waals surface area contributed by atoms with Gasteiger partial charge in [-0.2, -0.15) is 0 Å². The van der Waals surface area contributed by atoms with Crippen LogP contribution in [0.1, 0.15) is 20.7 Å². The maximum atomic E-state index is 12.2. The lowest BCUT2D eigenvalue weighted by Gasteiger charge is -2.08. The van der Waals surface area contributed by atoms with Crippen LogP contribution in [-0.2, 0) is 4.74 Å². The molecule has 0 N–H and O–H groups in total. The quantitative estimate of drug-likeness (QED) is 0.348. The van der Waals surface area contributed by atoms with Crippen LogP contribution in [0.15, 0.2) is 42.5 Å². The van der Waals surface area contributed by atoms with E-state index >= 15 is 0 Å². The van der Waals surface area contributed by atoms with Gasteiger partial charge in [0, 0.05) is 6.07 Å². The fourth-order valence-corrected chi connectivity index (χ4v) is 2.04. The summed E-state index contributed by atoms with van der Waals surface area (Å²) in [7, 11) is 0.907.